The van der Waals surface area contributed by atoms with Gasteiger partial charge in [0.1, 0.15) is 0 Å². The van der Waals surface area contributed by atoms with E-state index in [9.17, 15) is 4.79 Å². The first-order chi connectivity index (χ1) is 5.59. The lowest BCUT2D eigenvalue weighted by Gasteiger charge is -2.16. The van der Waals surface area contributed by atoms with Gasteiger partial charge in [0, 0.05) is 19.5 Å². The molecule has 0 bridgehead atoms. The van der Waals surface area contributed by atoms with Crippen molar-refractivity contribution in [1.82, 2.24) is 4.90 Å². The molecule has 1 amide bonds. The van der Waals surface area contributed by atoms with Crippen molar-refractivity contribution in [2.24, 2.45) is 11.8 Å². The minimum absolute atomic E-state index is 0.342. The highest BCUT2D eigenvalue weighted by molar-refractivity contribution is 5.76. The predicted molar refractivity (Wildman–Crippen MR) is 49.8 cm³/mol. The Labute approximate surface area is 74.9 Å². The van der Waals surface area contributed by atoms with Crippen molar-refractivity contribution in [3.63, 3.8) is 0 Å². The molecule has 2 nitrogen and oxygen atoms in total. The lowest BCUT2D eigenvalue weighted by Crippen LogP contribution is -2.29. The van der Waals surface area contributed by atoms with Gasteiger partial charge in [-0.15, -0.1) is 0 Å². The van der Waals surface area contributed by atoms with Crippen LogP contribution in [0, 0.1) is 11.8 Å². The van der Waals surface area contributed by atoms with Gasteiger partial charge in [-0.3, -0.25) is 4.79 Å². The molecule has 2 heteroatoms. The molecule has 1 aliphatic rings. The molecule has 1 atom stereocenters. The van der Waals surface area contributed by atoms with E-state index in [2.05, 4.69) is 20.8 Å². The van der Waals surface area contributed by atoms with E-state index in [1.165, 1.54) is 6.42 Å². The molecule has 0 spiro atoms. The number of carbonyl (C=O) groups is 1. The molecule has 1 aliphatic heterocycles. The maximum absolute atomic E-state index is 11.5. The number of hydrogen-bond acceptors (Lipinski definition) is 1. The fraction of sp³-hybridized carbons (Fsp3) is 0.900. The van der Waals surface area contributed by atoms with Crippen molar-refractivity contribution in [1.29, 1.82) is 0 Å². The van der Waals surface area contributed by atoms with E-state index in [1.54, 1.807) is 0 Å². The highest BCUT2D eigenvalue weighted by atomic mass is 16.2. The smallest absolute Gasteiger partial charge is 0.222 e. The van der Waals surface area contributed by atoms with Crippen LogP contribution in [0.5, 0.6) is 0 Å². The van der Waals surface area contributed by atoms with Gasteiger partial charge in [-0.2, -0.15) is 0 Å². The van der Waals surface area contributed by atoms with Gasteiger partial charge in [-0.05, 0) is 18.3 Å². The monoisotopic (exact) mass is 169 g/mol. The zero-order valence-electron chi connectivity index (χ0n) is 8.34. The first-order valence-corrected chi connectivity index (χ1v) is 4.87. The van der Waals surface area contributed by atoms with Crippen LogP contribution >= 0.6 is 0 Å². The fourth-order valence-corrected chi connectivity index (χ4v) is 1.64. The van der Waals surface area contributed by atoms with Crippen molar-refractivity contribution >= 4 is 5.91 Å². The van der Waals surface area contributed by atoms with Crippen LogP contribution in [-0.4, -0.2) is 23.9 Å². The number of carbonyl (C=O) groups excluding carboxylic acids is 1. The van der Waals surface area contributed by atoms with Crippen LogP contribution in [0.3, 0.4) is 0 Å². The molecule has 1 saturated heterocycles. The average molecular weight is 169 g/mol. The summed E-state index contributed by atoms with van der Waals surface area (Å²) in [5.74, 6) is 1.55. The van der Waals surface area contributed by atoms with Crippen LogP contribution in [0.4, 0.5) is 0 Å². The van der Waals surface area contributed by atoms with Crippen LogP contribution in [0.2, 0.25) is 0 Å². The number of amides is 1. The van der Waals surface area contributed by atoms with Crippen LogP contribution < -0.4 is 0 Å². The van der Waals surface area contributed by atoms with Gasteiger partial charge in [-0.25, -0.2) is 0 Å². The average Bonchev–Trinajstić information content (AvgIpc) is 2.34. The maximum atomic E-state index is 11.5. The highest BCUT2D eigenvalue weighted by Crippen LogP contribution is 2.17. The second-order valence-electron chi connectivity index (χ2n) is 4.33. The van der Waals surface area contributed by atoms with Crippen molar-refractivity contribution in [2.75, 3.05) is 13.1 Å². The molecule has 0 N–H and O–H groups in total. The topological polar surface area (TPSA) is 20.3 Å². The predicted octanol–water partition coefficient (Wildman–Crippen LogP) is 1.90. The van der Waals surface area contributed by atoms with Gasteiger partial charge in [0.05, 0.1) is 0 Å². The van der Waals surface area contributed by atoms with Crippen molar-refractivity contribution in [2.45, 2.75) is 33.6 Å². The van der Waals surface area contributed by atoms with Gasteiger partial charge >= 0.3 is 0 Å². The summed E-state index contributed by atoms with van der Waals surface area (Å²) in [4.78, 5) is 13.5. The second-order valence-corrected chi connectivity index (χ2v) is 4.33. The Kier molecular flexibility index (Phi) is 3.12. The van der Waals surface area contributed by atoms with Gasteiger partial charge in [-0.1, -0.05) is 20.8 Å². The van der Waals surface area contributed by atoms with Gasteiger partial charge < -0.3 is 4.90 Å². The molecule has 1 fully saturated rings. The van der Waals surface area contributed by atoms with E-state index < -0.39 is 0 Å². The molecule has 0 radical (unpaired) electrons. The lowest BCUT2D eigenvalue weighted by molar-refractivity contribution is -0.131. The van der Waals surface area contributed by atoms with E-state index in [0.717, 1.165) is 13.1 Å². The summed E-state index contributed by atoms with van der Waals surface area (Å²) in [6.45, 7) is 8.36. The Morgan fingerprint density at radius 1 is 1.58 bits per heavy atom. The minimum Gasteiger partial charge on any atom is -0.342 e. The molecule has 0 saturated carbocycles. The molecule has 1 heterocycles. The summed E-state index contributed by atoms with van der Waals surface area (Å²) in [7, 11) is 0. The van der Waals surface area contributed by atoms with Crippen LogP contribution in [0.25, 0.3) is 0 Å². The zero-order valence-corrected chi connectivity index (χ0v) is 8.34. The van der Waals surface area contributed by atoms with Gasteiger partial charge in [0.15, 0.2) is 0 Å². The standard InChI is InChI=1S/C10H19NO/c1-8(2)6-10(12)11-5-4-9(3)7-11/h8-9H,4-7H2,1-3H3/t9-/m0/s1. The summed E-state index contributed by atoms with van der Waals surface area (Å²) < 4.78 is 0. The molecular formula is C10H19NO. The van der Waals surface area contributed by atoms with Crippen LogP contribution in [0.1, 0.15) is 33.6 Å². The Balaban J connectivity index is 2.33. The molecule has 0 unspecified atom stereocenters. The molecule has 1 rings (SSSR count). The second kappa shape index (κ2) is 3.92. The molecular weight excluding hydrogens is 150 g/mol. The number of hydrogen-bond donors (Lipinski definition) is 0. The minimum atomic E-state index is 0.342. The van der Waals surface area contributed by atoms with E-state index >= 15 is 0 Å². The van der Waals surface area contributed by atoms with Crippen molar-refractivity contribution < 1.29 is 4.79 Å². The Bertz CT molecular complexity index is 165. The fourth-order valence-electron chi connectivity index (χ4n) is 1.64. The summed E-state index contributed by atoms with van der Waals surface area (Å²) in [5, 5.41) is 0. The highest BCUT2D eigenvalue weighted by Gasteiger charge is 2.22. The normalized spacial score (nSPS) is 23.7. The number of rotatable bonds is 2. The van der Waals surface area contributed by atoms with E-state index in [0.29, 0.717) is 24.2 Å². The molecule has 12 heavy (non-hydrogen) atoms. The Morgan fingerprint density at radius 2 is 2.25 bits per heavy atom. The number of nitrogens with zero attached hydrogens (tertiary/aromatic N) is 1. The van der Waals surface area contributed by atoms with Gasteiger partial charge in [0.25, 0.3) is 0 Å². The molecule has 0 aliphatic carbocycles. The summed E-state index contributed by atoms with van der Waals surface area (Å²) >= 11 is 0. The molecule has 0 aromatic rings. The molecule has 0 aromatic carbocycles. The first kappa shape index (κ1) is 9.56. The van der Waals surface area contributed by atoms with Gasteiger partial charge in [0.2, 0.25) is 5.91 Å². The quantitative estimate of drug-likeness (QED) is 0.618. The largest absolute Gasteiger partial charge is 0.342 e. The lowest BCUT2D eigenvalue weighted by atomic mass is 10.1. The van der Waals surface area contributed by atoms with Crippen molar-refractivity contribution in [3.8, 4) is 0 Å². The molecule has 0 aromatic heterocycles. The third-order valence-electron chi connectivity index (χ3n) is 2.36. The summed E-state index contributed by atoms with van der Waals surface area (Å²) in [6.07, 6.45) is 1.90. The van der Waals surface area contributed by atoms with E-state index in [-0.39, 0.29) is 0 Å². The Morgan fingerprint density at radius 3 is 2.67 bits per heavy atom. The molecule has 70 valence electrons. The third kappa shape index (κ3) is 2.50. The first-order valence-electron chi connectivity index (χ1n) is 4.87. The summed E-state index contributed by atoms with van der Waals surface area (Å²) in [5.41, 5.74) is 0. The zero-order chi connectivity index (χ0) is 9.14. The third-order valence-corrected chi connectivity index (χ3v) is 2.36. The Hall–Kier alpha value is -0.530. The summed E-state index contributed by atoms with van der Waals surface area (Å²) in [6, 6.07) is 0. The SMILES string of the molecule is CC(C)CC(=O)N1CC[C@H](C)C1. The van der Waals surface area contributed by atoms with E-state index in [1.807, 2.05) is 4.90 Å². The number of likely N-dealkylation sites (tertiary alicyclic amines) is 1. The maximum Gasteiger partial charge on any atom is 0.222 e. The van der Waals surface area contributed by atoms with Crippen LogP contribution in [-0.2, 0) is 4.79 Å². The van der Waals surface area contributed by atoms with E-state index in [4.69, 9.17) is 0 Å². The van der Waals surface area contributed by atoms with Crippen molar-refractivity contribution in [3.05, 3.63) is 0 Å². The van der Waals surface area contributed by atoms with Crippen LogP contribution in [0.15, 0.2) is 0 Å².